The Labute approximate surface area is 203 Å². The molecule has 0 radical (unpaired) electrons. The lowest BCUT2D eigenvalue weighted by Gasteiger charge is -2.21. The van der Waals surface area contributed by atoms with E-state index in [2.05, 4.69) is 93.4 Å². The SMILES string of the molecule is C=CC.C=CN(C)C(=C)C(=C)NC(=C)N/C(C)=C/C=C\C(=C)CC(CC)Cc1ccccc1. The summed E-state index contributed by atoms with van der Waals surface area (Å²) in [6, 6.07) is 10.6. The molecule has 0 aliphatic rings. The predicted octanol–water partition coefficient (Wildman–Crippen LogP) is 7.61. The van der Waals surface area contributed by atoms with Crippen LogP contribution in [0.15, 0.2) is 129 Å². The third kappa shape index (κ3) is 13.5. The van der Waals surface area contributed by atoms with Gasteiger partial charge in [-0.3, -0.25) is 0 Å². The van der Waals surface area contributed by atoms with E-state index in [0.717, 1.165) is 36.2 Å². The molecule has 0 amide bonds. The molecule has 3 heteroatoms. The quantitative estimate of drug-likeness (QED) is 0.228. The molecule has 0 saturated carbocycles. The molecule has 1 unspecified atom stereocenters. The van der Waals surface area contributed by atoms with Crippen molar-refractivity contribution < 1.29 is 0 Å². The van der Waals surface area contributed by atoms with Crippen molar-refractivity contribution in [1.29, 1.82) is 0 Å². The molecule has 178 valence electrons. The van der Waals surface area contributed by atoms with Gasteiger partial charge < -0.3 is 15.5 Å². The summed E-state index contributed by atoms with van der Waals surface area (Å²) >= 11 is 0. The van der Waals surface area contributed by atoms with E-state index in [9.17, 15) is 0 Å². The normalized spacial score (nSPS) is 11.5. The van der Waals surface area contributed by atoms with Crippen LogP contribution in [0.5, 0.6) is 0 Å². The maximum absolute atomic E-state index is 4.22. The van der Waals surface area contributed by atoms with Crippen LogP contribution >= 0.6 is 0 Å². The number of rotatable bonds is 14. The second-order valence-electron chi connectivity index (χ2n) is 7.89. The summed E-state index contributed by atoms with van der Waals surface area (Å²) in [6.07, 6.45) is 12.7. The van der Waals surface area contributed by atoms with Gasteiger partial charge in [0.2, 0.25) is 0 Å². The molecule has 2 N–H and O–H groups in total. The van der Waals surface area contributed by atoms with E-state index in [-0.39, 0.29) is 0 Å². The Morgan fingerprint density at radius 1 is 1.06 bits per heavy atom. The molecule has 0 bridgehead atoms. The van der Waals surface area contributed by atoms with E-state index in [1.807, 2.05) is 33.0 Å². The van der Waals surface area contributed by atoms with Gasteiger partial charge in [0, 0.05) is 12.7 Å². The minimum atomic E-state index is 0.601. The van der Waals surface area contributed by atoms with Gasteiger partial charge >= 0.3 is 0 Å². The van der Waals surface area contributed by atoms with Gasteiger partial charge in [0.25, 0.3) is 0 Å². The van der Waals surface area contributed by atoms with E-state index in [4.69, 9.17) is 0 Å². The zero-order valence-corrected chi connectivity index (χ0v) is 21.2. The molecule has 1 atom stereocenters. The number of nitrogens with one attached hydrogen (secondary N) is 2. The number of hydrogen-bond donors (Lipinski definition) is 2. The Balaban J connectivity index is 0.00000322. The van der Waals surface area contributed by atoms with Gasteiger partial charge in [-0.05, 0) is 50.4 Å². The molecular weight excluding hydrogens is 402 g/mol. The fourth-order valence-electron chi connectivity index (χ4n) is 2.96. The summed E-state index contributed by atoms with van der Waals surface area (Å²) in [4.78, 5) is 1.79. The summed E-state index contributed by atoms with van der Waals surface area (Å²) in [5.74, 6) is 1.23. The molecule has 0 heterocycles. The van der Waals surface area contributed by atoms with Gasteiger partial charge in [-0.1, -0.05) is 100 Å². The monoisotopic (exact) mass is 445 g/mol. The zero-order valence-electron chi connectivity index (χ0n) is 21.2. The van der Waals surface area contributed by atoms with Gasteiger partial charge in [0.15, 0.2) is 0 Å². The van der Waals surface area contributed by atoms with E-state index in [1.54, 1.807) is 17.2 Å². The van der Waals surface area contributed by atoms with Crippen molar-refractivity contribution in [2.75, 3.05) is 7.05 Å². The van der Waals surface area contributed by atoms with E-state index in [1.165, 1.54) is 5.56 Å². The Morgan fingerprint density at radius 3 is 2.21 bits per heavy atom. The molecule has 0 fully saturated rings. The maximum Gasteiger partial charge on any atom is 0.0999 e. The Bertz CT molecular complexity index is 856. The van der Waals surface area contributed by atoms with Crippen LogP contribution in [0.2, 0.25) is 0 Å². The lowest BCUT2D eigenvalue weighted by atomic mass is 9.91. The second-order valence-corrected chi connectivity index (χ2v) is 7.89. The van der Waals surface area contributed by atoms with Crippen molar-refractivity contribution in [2.24, 2.45) is 5.92 Å². The van der Waals surface area contributed by atoms with E-state index in [0.29, 0.717) is 17.4 Å². The Hall–Kier alpha value is -3.46. The number of nitrogens with zero attached hydrogens (tertiary/aromatic N) is 1. The highest BCUT2D eigenvalue weighted by Crippen LogP contribution is 2.20. The van der Waals surface area contributed by atoms with Crippen LogP contribution in [0.25, 0.3) is 0 Å². The molecule has 1 aromatic carbocycles. The van der Waals surface area contributed by atoms with Crippen LogP contribution in [0.4, 0.5) is 0 Å². The third-order valence-corrected chi connectivity index (χ3v) is 4.87. The fourth-order valence-corrected chi connectivity index (χ4v) is 2.96. The summed E-state index contributed by atoms with van der Waals surface area (Å²) < 4.78 is 0. The van der Waals surface area contributed by atoms with Crippen molar-refractivity contribution in [3.8, 4) is 0 Å². The highest BCUT2D eigenvalue weighted by atomic mass is 15.2. The molecular formula is C30H43N3. The number of allylic oxidation sites excluding steroid dienone is 6. The fraction of sp³-hybridized carbons (Fsp3) is 0.267. The van der Waals surface area contributed by atoms with Crippen LogP contribution < -0.4 is 10.6 Å². The standard InChI is InChI=1S/C27H37N3.C3H6/c1-9-26(20-27-17-12-11-13-18-27)19-21(3)15-14-16-22(4)28-25(7)29-23(5)24(6)30(8)10-2;1-3-2/h10-18,26,28-29H,2-3,5-7,9,19-20H2,1,4,8H3;3H,1H2,2H3/b15-14-,22-16+;. The number of hydrogen-bond acceptors (Lipinski definition) is 3. The van der Waals surface area contributed by atoms with Crippen molar-refractivity contribution in [3.63, 3.8) is 0 Å². The average molecular weight is 446 g/mol. The Morgan fingerprint density at radius 2 is 1.67 bits per heavy atom. The molecule has 1 aromatic rings. The van der Waals surface area contributed by atoms with Crippen molar-refractivity contribution in [1.82, 2.24) is 15.5 Å². The summed E-state index contributed by atoms with van der Waals surface area (Å²) in [5.41, 5.74) is 4.87. The smallest absolute Gasteiger partial charge is 0.0999 e. The first-order chi connectivity index (χ1) is 15.7. The minimum Gasteiger partial charge on any atom is -0.350 e. The molecule has 0 spiro atoms. The highest BCUT2D eigenvalue weighted by molar-refractivity contribution is 5.28. The minimum absolute atomic E-state index is 0.601. The lowest BCUT2D eigenvalue weighted by Crippen LogP contribution is -2.26. The number of likely N-dealkylation sites (N-methyl/N-ethyl adjacent to an activating group) is 1. The molecule has 0 saturated heterocycles. The second kappa shape index (κ2) is 17.1. The zero-order chi connectivity index (χ0) is 25.2. The summed E-state index contributed by atoms with van der Waals surface area (Å²) in [5, 5.41) is 6.32. The van der Waals surface area contributed by atoms with Crippen LogP contribution in [0, 0.1) is 5.92 Å². The van der Waals surface area contributed by atoms with Crippen LogP contribution in [-0.2, 0) is 6.42 Å². The first-order valence-corrected chi connectivity index (χ1v) is 11.3. The molecule has 0 aliphatic carbocycles. The predicted molar refractivity (Wildman–Crippen MR) is 148 cm³/mol. The first-order valence-electron chi connectivity index (χ1n) is 11.3. The van der Waals surface area contributed by atoms with Gasteiger partial charge in [0.05, 0.1) is 17.2 Å². The van der Waals surface area contributed by atoms with Crippen molar-refractivity contribution in [2.45, 2.75) is 40.0 Å². The molecule has 3 nitrogen and oxygen atoms in total. The van der Waals surface area contributed by atoms with Crippen LogP contribution in [0.1, 0.15) is 39.2 Å². The average Bonchev–Trinajstić information content (AvgIpc) is 2.78. The Kier molecular flexibility index (Phi) is 15.3. The van der Waals surface area contributed by atoms with Crippen molar-refractivity contribution in [3.05, 3.63) is 134 Å². The molecule has 0 aromatic heterocycles. The summed E-state index contributed by atoms with van der Waals surface area (Å²) in [6.45, 7) is 29.4. The first kappa shape index (κ1) is 29.5. The van der Waals surface area contributed by atoms with E-state index >= 15 is 0 Å². The molecule has 33 heavy (non-hydrogen) atoms. The van der Waals surface area contributed by atoms with E-state index < -0.39 is 0 Å². The molecule has 0 aliphatic heterocycles. The van der Waals surface area contributed by atoms with Gasteiger partial charge in [-0.25, -0.2) is 0 Å². The van der Waals surface area contributed by atoms with Gasteiger partial charge in [-0.2, -0.15) is 0 Å². The lowest BCUT2D eigenvalue weighted by molar-refractivity contribution is 0.506. The van der Waals surface area contributed by atoms with Crippen LogP contribution in [-0.4, -0.2) is 11.9 Å². The van der Waals surface area contributed by atoms with Gasteiger partial charge in [0.1, 0.15) is 0 Å². The van der Waals surface area contributed by atoms with Gasteiger partial charge in [-0.15, -0.1) is 6.58 Å². The number of benzene rings is 1. The third-order valence-electron chi connectivity index (χ3n) is 4.87. The largest absolute Gasteiger partial charge is 0.350 e. The molecule has 1 rings (SSSR count). The topological polar surface area (TPSA) is 27.3 Å². The van der Waals surface area contributed by atoms with Crippen LogP contribution in [0.3, 0.4) is 0 Å². The van der Waals surface area contributed by atoms with Crippen molar-refractivity contribution >= 4 is 0 Å². The maximum atomic E-state index is 4.22. The summed E-state index contributed by atoms with van der Waals surface area (Å²) in [7, 11) is 1.87. The highest BCUT2D eigenvalue weighted by Gasteiger charge is 2.08.